The van der Waals surface area contributed by atoms with Crippen molar-refractivity contribution in [3.63, 3.8) is 0 Å². The average Bonchev–Trinajstić information content (AvgIpc) is 3.15. The molecule has 2 nitrogen and oxygen atoms in total. The van der Waals surface area contributed by atoms with Crippen LogP contribution in [0.25, 0.3) is 0 Å². The zero-order valence-electron chi connectivity index (χ0n) is 9.42. The molecule has 3 rings (SSSR count). The Bertz CT molecular complexity index is 343. The lowest BCUT2D eigenvalue weighted by atomic mass is 9.98. The van der Waals surface area contributed by atoms with Gasteiger partial charge in [0, 0.05) is 0 Å². The summed E-state index contributed by atoms with van der Waals surface area (Å²) >= 11 is 2.21. The Kier molecular flexibility index (Phi) is 3.25. The largest absolute Gasteiger partial charge is 0.454 e. The highest BCUT2D eigenvalue weighted by atomic mass is 127. The highest BCUT2D eigenvalue weighted by molar-refractivity contribution is 14.1. The lowest BCUT2D eigenvalue weighted by molar-refractivity contribution is 0.366. The van der Waals surface area contributed by atoms with E-state index in [1.54, 1.807) is 0 Å². The van der Waals surface area contributed by atoms with E-state index >= 15 is 0 Å². The van der Waals surface area contributed by atoms with Crippen molar-refractivity contribution in [3.8, 4) is 0 Å². The first-order valence-electron chi connectivity index (χ1n) is 6.28. The summed E-state index contributed by atoms with van der Waals surface area (Å²) in [6.07, 6.45) is 5.89. The van der Waals surface area contributed by atoms with Crippen LogP contribution in [-0.4, -0.2) is 6.54 Å². The molecule has 88 valence electrons. The molecular weight excluding hydrogens is 313 g/mol. The van der Waals surface area contributed by atoms with Crippen molar-refractivity contribution >= 4 is 22.6 Å². The minimum atomic E-state index is 0.888. The van der Waals surface area contributed by atoms with E-state index in [1.165, 1.54) is 32.2 Å². The molecule has 0 aromatic carbocycles. The van der Waals surface area contributed by atoms with Crippen molar-refractivity contribution in [3.05, 3.63) is 21.7 Å². The molecular formula is C13H18INO. The van der Waals surface area contributed by atoms with Crippen LogP contribution >= 0.6 is 22.6 Å². The normalized spacial score (nSPS) is 20.6. The minimum absolute atomic E-state index is 0.888. The summed E-state index contributed by atoms with van der Waals surface area (Å²) in [5.74, 6) is 4.09. The van der Waals surface area contributed by atoms with Crippen molar-refractivity contribution < 1.29 is 4.42 Å². The molecule has 0 unspecified atom stereocenters. The van der Waals surface area contributed by atoms with E-state index in [9.17, 15) is 0 Å². The van der Waals surface area contributed by atoms with E-state index in [2.05, 4.69) is 34.0 Å². The molecule has 1 heterocycles. The van der Waals surface area contributed by atoms with Crippen LogP contribution in [0.4, 0.5) is 0 Å². The second-order valence-electron chi connectivity index (χ2n) is 5.18. The molecule has 2 fully saturated rings. The predicted molar refractivity (Wildman–Crippen MR) is 72.1 cm³/mol. The summed E-state index contributed by atoms with van der Waals surface area (Å²) in [7, 11) is 0. The number of furan rings is 1. The van der Waals surface area contributed by atoms with E-state index < -0.39 is 0 Å². The molecule has 1 aromatic heterocycles. The van der Waals surface area contributed by atoms with Crippen LogP contribution in [0, 0.1) is 21.5 Å². The number of halogens is 1. The first kappa shape index (κ1) is 11.1. The molecule has 2 aliphatic rings. The average molecular weight is 331 g/mol. The van der Waals surface area contributed by atoms with Gasteiger partial charge in [-0.25, -0.2) is 0 Å². The van der Waals surface area contributed by atoms with E-state index in [1.807, 2.05) is 6.07 Å². The molecule has 0 radical (unpaired) electrons. The summed E-state index contributed by atoms with van der Waals surface area (Å²) in [5, 5.41) is 3.56. The molecule has 0 saturated heterocycles. The Morgan fingerprint density at radius 3 is 2.44 bits per heavy atom. The van der Waals surface area contributed by atoms with Crippen LogP contribution in [0.1, 0.15) is 31.4 Å². The van der Waals surface area contributed by atoms with Crippen LogP contribution in [0.5, 0.6) is 0 Å². The van der Waals surface area contributed by atoms with Crippen molar-refractivity contribution in [2.75, 3.05) is 6.54 Å². The maximum absolute atomic E-state index is 5.54. The van der Waals surface area contributed by atoms with Gasteiger partial charge in [-0.05, 0) is 84.7 Å². The van der Waals surface area contributed by atoms with Gasteiger partial charge in [0.05, 0.1) is 6.54 Å². The third-order valence-corrected chi connectivity index (χ3v) is 4.34. The standard InChI is InChI=1S/C13H18INO/c14-13-6-5-11(16-13)7-15-8-12(9-1-2-9)10-3-4-10/h5-6,9-10,12,15H,1-4,7-8H2. The second kappa shape index (κ2) is 4.69. The summed E-state index contributed by atoms with van der Waals surface area (Å²) in [4.78, 5) is 0. The zero-order valence-corrected chi connectivity index (χ0v) is 11.6. The van der Waals surface area contributed by atoms with Gasteiger partial charge < -0.3 is 9.73 Å². The Hall–Kier alpha value is -0.0300. The molecule has 1 aromatic rings. The lowest BCUT2D eigenvalue weighted by Crippen LogP contribution is -2.25. The third kappa shape index (κ3) is 2.80. The SMILES string of the molecule is Ic1ccc(CNCC(C2CC2)C2CC2)o1. The van der Waals surface area contributed by atoms with Gasteiger partial charge >= 0.3 is 0 Å². The molecule has 0 atom stereocenters. The smallest absolute Gasteiger partial charge is 0.164 e. The zero-order chi connectivity index (χ0) is 11.0. The Balaban J connectivity index is 1.44. The van der Waals surface area contributed by atoms with E-state index in [0.29, 0.717) is 0 Å². The molecule has 0 amide bonds. The van der Waals surface area contributed by atoms with Gasteiger partial charge in [-0.2, -0.15) is 0 Å². The van der Waals surface area contributed by atoms with Gasteiger partial charge in [0.25, 0.3) is 0 Å². The molecule has 2 saturated carbocycles. The highest BCUT2D eigenvalue weighted by Gasteiger charge is 2.40. The van der Waals surface area contributed by atoms with Crippen LogP contribution in [0.3, 0.4) is 0 Å². The van der Waals surface area contributed by atoms with Crippen molar-refractivity contribution in [1.29, 1.82) is 0 Å². The highest BCUT2D eigenvalue weighted by Crippen LogP contribution is 2.48. The Labute approximate surface area is 110 Å². The van der Waals surface area contributed by atoms with E-state index in [-0.39, 0.29) is 0 Å². The fraction of sp³-hybridized carbons (Fsp3) is 0.692. The lowest BCUT2D eigenvalue weighted by Gasteiger charge is -2.15. The second-order valence-corrected chi connectivity index (χ2v) is 6.24. The fourth-order valence-electron chi connectivity index (χ4n) is 2.58. The van der Waals surface area contributed by atoms with E-state index in [0.717, 1.165) is 33.8 Å². The monoisotopic (exact) mass is 331 g/mol. The number of hydrogen-bond donors (Lipinski definition) is 1. The molecule has 1 N–H and O–H groups in total. The Morgan fingerprint density at radius 1 is 1.25 bits per heavy atom. The van der Waals surface area contributed by atoms with Crippen LogP contribution in [0.15, 0.2) is 16.5 Å². The van der Waals surface area contributed by atoms with Crippen LogP contribution in [-0.2, 0) is 6.54 Å². The topological polar surface area (TPSA) is 25.2 Å². The molecule has 0 spiro atoms. The molecule has 0 aliphatic heterocycles. The summed E-state index contributed by atoms with van der Waals surface area (Å²) < 4.78 is 6.52. The van der Waals surface area contributed by atoms with Gasteiger partial charge in [-0.1, -0.05) is 0 Å². The molecule has 2 aliphatic carbocycles. The molecule has 16 heavy (non-hydrogen) atoms. The third-order valence-electron chi connectivity index (χ3n) is 3.76. The maximum Gasteiger partial charge on any atom is 0.164 e. The summed E-state index contributed by atoms with van der Waals surface area (Å²) in [5.41, 5.74) is 0. The molecule has 0 bridgehead atoms. The number of nitrogens with one attached hydrogen (secondary N) is 1. The Morgan fingerprint density at radius 2 is 1.94 bits per heavy atom. The van der Waals surface area contributed by atoms with Crippen molar-refractivity contribution in [2.24, 2.45) is 17.8 Å². The summed E-state index contributed by atoms with van der Waals surface area (Å²) in [6, 6.07) is 4.09. The predicted octanol–water partition coefficient (Wildman–Crippen LogP) is 3.41. The first-order chi connectivity index (χ1) is 7.83. The van der Waals surface area contributed by atoms with Crippen LogP contribution in [0.2, 0.25) is 0 Å². The van der Waals surface area contributed by atoms with Crippen molar-refractivity contribution in [2.45, 2.75) is 32.2 Å². The molecule has 3 heteroatoms. The number of rotatable bonds is 6. The van der Waals surface area contributed by atoms with Gasteiger partial charge in [0.15, 0.2) is 3.77 Å². The van der Waals surface area contributed by atoms with Crippen molar-refractivity contribution in [1.82, 2.24) is 5.32 Å². The minimum Gasteiger partial charge on any atom is -0.454 e. The maximum atomic E-state index is 5.54. The quantitative estimate of drug-likeness (QED) is 0.808. The van der Waals surface area contributed by atoms with Gasteiger partial charge in [-0.15, -0.1) is 0 Å². The first-order valence-corrected chi connectivity index (χ1v) is 7.36. The van der Waals surface area contributed by atoms with E-state index in [4.69, 9.17) is 4.42 Å². The fourth-order valence-corrected chi connectivity index (χ4v) is 3.04. The number of hydrogen-bond acceptors (Lipinski definition) is 2. The van der Waals surface area contributed by atoms with Gasteiger partial charge in [0.1, 0.15) is 5.76 Å². The van der Waals surface area contributed by atoms with Crippen LogP contribution < -0.4 is 5.32 Å². The van der Waals surface area contributed by atoms with Gasteiger partial charge in [0.2, 0.25) is 0 Å². The van der Waals surface area contributed by atoms with Gasteiger partial charge in [-0.3, -0.25) is 0 Å². The summed E-state index contributed by atoms with van der Waals surface area (Å²) in [6.45, 7) is 2.07.